The summed E-state index contributed by atoms with van der Waals surface area (Å²) < 4.78 is 13.6. The van der Waals surface area contributed by atoms with Crippen molar-refractivity contribution in [1.29, 1.82) is 5.26 Å². The number of nitrogens with one attached hydrogen (secondary N) is 1. The summed E-state index contributed by atoms with van der Waals surface area (Å²) in [5, 5.41) is 21.5. The Morgan fingerprint density at radius 3 is 2.75 bits per heavy atom. The fourth-order valence-corrected chi connectivity index (χ4v) is 1.99. The van der Waals surface area contributed by atoms with Crippen LogP contribution in [-0.2, 0) is 6.54 Å². The van der Waals surface area contributed by atoms with E-state index in [1.54, 1.807) is 25.1 Å². The molecule has 0 heterocycles. The van der Waals surface area contributed by atoms with Crippen molar-refractivity contribution in [2.75, 3.05) is 5.32 Å². The summed E-state index contributed by atoms with van der Waals surface area (Å²) >= 11 is 5.82. The molecule has 0 fully saturated rings. The summed E-state index contributed by atoms with van der Waals surface area (Å²) in [5.74, 6) is -0.403. The molecule has 0 aliphatic carbocycles. The molecule has 0 aliphatic heterocycles. The topological polar surface area (TPSA) is 56.0 Å². The zero-order valence-corrected chi connectivity index (χ0v) is 11.5. The van der Waals surface area contributed by atoms with Crippen LogP contribution in [0.1, 0.15) is 16.7 Å². The van der Waals surface area contributed by atoms with Crippen molar-refractivity contribution in [3.05, 3.63) is 57.9 Å². The molecule has 0 saturated heterocycles. The van der Waals surface area contributed by atoms with Gasteiger partial charge < -0.3 is 10.4 Å². The van der Waals surface area contributed by atoms with E-state index in [2.05, 4.69) is 5.32 Å². The molecule has 3 nitrogen and oxygen atoms in total. The highest BCUT2D eigenvalue weighted by molar-refractivity contribution is 6.32. The van der Waals surface area contributed by atoms with Gasteiger partial charge in [0.2, 0.25) is 0 Å². The molecule has 102 valence electrons. The van der Waals surface area contributed by atoms with E-state index in [0.717, 1.165) is 5.56 Å². The first kappa shape index (κ1) is 14.2. The number of phenols is 1. The van der Waals surface area contributed by atoms with Crippen molar-refractivity contribution in [3.8, 4) is 11.8 Å². The van der Waals surface area contributed by atoms with Crippen LogP contribution in [0.5, 0.6) is 5.75 Å². The average Bonchev–Trinajstić information content (AvgIpc) is 2.44. The van der Waals surface area contributed by atoms with Crippen LogP contribution in [0.25, 0.3) is 0 Å². The molecule has 0 unspecified atom stereocenters. The van der Waals surface area contributed by atoms with Gasteiger partial charge in [-0.2, -0.15) is 5.26 Å². The van der Waals surface area contributed by atoms with Crippen LogP contribution in [0, 0.1) is 24.1 Å². The first-order valence-electron chi connectivity index (χ1n) is 5.93. The number of nitriles is 1. The van der Waals surface area contributed by atoms with Crippen LogP contribution >= 0.6 is 11.6 Å². The number of hydrogen-bond acceptors (Lipinski definition) is 3. The van der Waals surface area contributed by atoms with E-state index >= 15 is 0 Å². The molecular weight excluding hydrogens is 279 g/mol. The molecule has 0 bridgehead atoms. The number of hydrogen-bond donors (Lipinski definition) is 2. The van der Waals surface area contributed by atoms with E-state index in [-0.39, 0.29) is 16.3 Å². The minimum Gasteiger partial charge on any atom is -0.506 e. The molecule has 0 spiro atoms. The summed E-state index contributed by atoms with van der Waals surface area (Å²) in [6, 6.07) is 9.56. The molecule has 0 atom stereocenters. The van der Waals surface area contributed by atoms with Gasteiger partial charge in [0.15, 0.2) is 0 Å². The summed E-state index contributed by atoms with van der Waals surface area (Å²) in [6.07, 6.45) is 0. The number of nitrogens with zero attached hydrogens (tertiary/aromatic N) is 1. The minimum atomic E-state index is -0.421. The van der Waals surface area contributed by atoms with Crippen molar-refractivity contribution in [2.45, 2.75) is 13.5 Å². The van der Waals surface area contributed by atoms with E-state index in [0.29, 0.717) is 17.8 Å². The Kier molecular flexibility index (Phi) is 4.11. The van der Waals surface area contributed by atoms with Crippen LogP contribution in [0.2, 0.25) is 5.02 Å². The van der Waals surface area contributed by atoms with Gasteiger partial charge in [-0.05, 0) is 36.8 Å². The van der Waals surface area contributed by atoms with Crippen LogP contribution < -0.4 is 5.32 Å². The van der Waals surface area contributed by atoms with E-state index < -0.39 is 5.82 Å². The molecule has 0 aliphatic rings. The molecule has 20 heavy (non-hydrogen) atoms. The lowest BCUT2D eigenvalue weighted by molar-refractivity contribution is 0.475. The molecule has 2 aromatic carbocycles. The average molecular weight is 291 g/mol. The summed E-state index contributed by atoms with van der Waals surface area (Å²) in [5.41, 5.74) is 2.12. The highest BCUT2D eigenvalue weighted by Crippen LogP contribution is 2.25. The third kappa shape index (κ3) is 3.01. The zero-order chi connectivity index (χ0) is 14.7. The summed E-state index contributed by atoms with van der Waals surface area (Å²) in [6.45, 7) is 2.05. The Bertz CT molecular complexity index is 695. The first-order valence-corrected chi connectivity index (χ1v) is 6.30. The van der Waals surface area contributed by atoms with E-state index in [1.165, 1.54) is 12.1 Å². The fourth-order valence-electron chi connectivity index (χ4n) is 1.78. The molecule has 2 aromatic rings. The second kappa shape index (κ2) is 5.81. The maximum absolute atomic E-state index is 13.6. The zero-order valence-electron chi connectivity index (χ0n) is 10.7. The van der Waals surface area contributed by atoms with Gasteiger partial charge in [-0.25, -0.2) is 4.39 Å². The largest absolute Gasteiger partial charge is 0.506 e. The van der Waals surface area contributed by atoms with Gasteiger partial charge in [-0.1, -0.05) is 17.7 Å². The van der Waals surface area contributed by atoms with Crippen LogP contribution in [0.3, 0.4) is 0 Å². The molecule has 2 N–H and O–H groups in total. The van der Waals surface area contributed by atoms with Gasteiger partial charge in [-0.3, -0.25) is 0 Å². The molecule has 2 rings (SSSR count). The molecule has 0 saturated carbocycles. The Hall–Kier alpha value is -2.25. The SMILES string of the molecule is Cc1c(F)cc(C#N)cc1NCc1ccc(O)c(Cl)c1. The Morgan fingerprint density at radius 2 is 2.10 bits per heavy atom. The fraction of sp³-hybridized carbons (Fsp3) is 0.133. The molecule has 0 amide bonds. The smallest absolute Gasteiger partial charge is 0.134 e. The lowest BCUT2D eigenvalue weighted by Gasteiger charge is -2.11. The molecular formula is C15H12ClFN2O. The number of benzene rings is 2. The second-order valence-electron chi connectivity index (χ2n) is 4.38. The van der Waals surface area contributed by atoms with E-state index in [1.807, 2.05) is 6.07 Å². The molecule has 0 aromatic heterocycles. The third-order valence-corrected chi connectivity index (χ3v) is 3.27. The highest BCUT2D eigenvalue weighted by Gasteiger charge is 2.07. The second-order valence-corrected chi connectivity index (χ2v) is 4.79. The van der Waals surface area contributed by atoms with Crippen molar-refractivity contribution in [3.63, 3.8) is 0 Å². The van der Waals surface area contributed by atoms with Crippen LogP contribution in [0.15, 0.2) is 30.3 Å². The summed E-state index contributed by atoms with van der Waals surface area (Å²) in [7, 11) is 0. The number of phenolic OH excluding ortho intramolecular Hbond substituents is 1. The number of rotatable bonds is 3. The van der Waals surface area contributed by atoms with Crippen LogP contribution in [-0.4, -0.2) is 5.11 Å². The number of halogens is 2. The Morgan fingerprint density at radius 1 is 1.35 bits per heavy atom. The minimum absolute atomic E-state index is 0.0177. The van der Waals surface area contributed by atoms with Crippen LogP contribution in [0.4, 0.5) is 10.1 Å². The van der Waals surface area contributed by atoms with E-state index in [9.17, 15) is 9.50 Å². The van der Waals surface area contributed by atoms with Gasteiger partial charge in [0, 0.05) is 17.8 Å². The lowest BCUT2D eigenvalue weighted by Crippen LogP contribution is -2.03. The number of anilines is 1. The first-order chi connectivity index (χ1) is 9.51. The third-order valence-electron chi connectivity index (χ3n) is 2.97. The number of aromatic hydroxyl groups is 1. The Labute approximate surface area is 121 Å². The van der Waals surface area contributed by atoms with Gasteiger partial charge in [0.1, 0.15) is 11.6 Å². The van der Waals surface area contributed by atoms with Gasteiger partial charge in [-0.15, -0.1) is 0 Å². The van der Waals surface area contributed by atoms with Gasteiger partial charge in [0.05, 0.1) is 16.7 Å². The molecule has 0 radical (unpaired) electrons. The van der Waals surface area contributed by atoms with Gasteiger partial charge >= 0.3 is 0 Å². The monoisotopic (exact) mass is 290 g/mol. The summed E-state index contributed by atoms with van der Waals surface area (Å²) in [4.78, 5) is 0. The maximum Gasteiger partial charge on any atom is 0.134 e. The Balaban J connectivity index is 2.20. The quantitative estimate of drug-likeness (QED) is 0.899. The van der Waals surface area contributed by atoms with Crippen molar-refractivity contribution < 1.29 is 9.50 Å². The maximum atomic E-state index is 13.6. The predicted molar refractivity (Wildman–Crippen MR) is 76.3 cm³/mol. The highest BCUT2D eigenvalue weighted by atomic mass is 35.5. The predicted octanol–water partition coefficient (Wildman–Crippen LogP) is 3.98. The van der Waals surface area contributed by atoms with Crippen molar-refractivity contribution in [2.24, 2.45) is 0 Å². The van der Waals surface area contributed by atoms with Gasteiger partial charge in [0.25, 0.3) is 0 Å². The normalized spacial score (nSPS) is 10.1. The standard InChI is InChI=1S/C15H12ClFN2O/c1-9-13(17)5-11(7-18)6-14(9)19-8-10-2-3-15(20)12(16)4-10/h2-6,19-20H,8H2,1H3. The lowest BCUT2D eigenvalue weighted by atomic mass is 10.1. The van der Waals surface area contributed by atoms with Crippen molar-refractivity contribution in [1.82, 2.24) is 0 Å². The van der Waals surface area contributed by atoms with E-state index in [4.69, 9.17) is 16.9 Å². The molecule has 5 heteroatoms. The van der Waals surface area contributed by atoms with Crippen molar-refractivity contribution >= 4 is 17.3 Å².